The highest BCUT2D eigenvalue weighted by atomic mass is 35.5. The van der Waals surface area contributed by atoms with Crippen molar-refractivity contribution in [2.75, 3.05) is 31.6 Å². The molecule has 1 saturated heterocycles. The fraction of sp³-hybridized carbons (Fsp3) is 0.278. The SMILES string of the molecule is Cl.O=C(Nc1ccc(Cl)c(Cl)c1)N1CCNCC1COc1ccc(Cl)cc1. The van der Waals surface area contributed by atoms with Crippen molar-refractivity contribution in [3.8, 4) is 5.75 Å². The van der Waals surface area contributed by atoms with Gasteiger partial charge in [0.15, 0.2) is 0 Å². The number of piperazine rings is 1. The monoisotopic (exact) mass is 449 g/mol. The Morgan fingerprint density at radius 1 is 1.15 bits per heavy atom. The van der Waals surface area contributed by atoms with Crippen molar-refractivity contribution in [2.45, 2.75) is 6.04 Å². The number of rotatable bonds is 4. The smallest absolute Gasteiger partial charge is 0.322 e. The van der Waals surface area contributed by atoms with Gasteiger partial charge in [0.2, 0.25) is 0 Å². The van der Waals surface area contributed by atoms with E-state index >= 15 is 0 Å². The second-order valence-electron chi connectivity index (χ2n) is 5.88. The Hall–Kier alpha value is -1.37. The number of anilines is 1. The third-order valence-corrected chi connectivity index (χ3v) is 5.03. The molecule has 2 aromatic rings. The van der Waals surface area contributed by atoms with Crippen molar-refractivity contribution >= 4 is 58.9 Å². The van der Waals surface area contributed by atoms with Crippen LogP contribution in [-0.4, -0.2) is 43.2 Å². The molecular formula is C18H19Cl4N3O2. The van der Waals surface area contributed by atoms with Crippen LogP contribution in [0.25, 0.3) is 0 Å². The maximum absolute atomic E-state index is 12.7. The molecule has 0 spiro atoms. The van der Waals surface area contributed by atoms with Crippen molar-refractivity contribution in [2.24, 2.45) is 0 Å². The van der Waals surface area contributed by atoms with Gasteiger partial charge in [-0.2, -0.15) is 0 Å². The van der Waals surface area contributed by atoms with E-state index in [2.05, 4.69) is 10.6 Å². The molecule has 3 rings (SSSR count). The average molecular weight is 451 g/mol. The van der Waals surface area contributed by atoms with Crippen LogP contribution >= 0.6 is 47.2 Å². The van der Waals surface area contributed by atoms with Crippen LogP contribution < -0.4 is 15.4 Å². The van der Waals surface area contributed by atoms with Crippen LogP contribution in [0.4, 0.5) is 10.5 Å². The number of halogens is 4. The van der Waals surface area contributed by atoms with Gasteiger partial charge in [0, 0.05) is 30.3 Å². The molecule has 0 bridgehead atoms. The first-order valence-corrected chi connectivity index (χ1v) is 9.28. The quantitative estimate of drug-likeness (QED) is 0.692. The molecule has 9 heteroatoms. The Labute approximate surface area is 179 Å². The second-order valence-corrected chi connectivity index (χ2v) is 7.13. The van der Waals surface area contributed by atoms with Crippen LogP contribution in [0.15, 0.2) is 42.5 Å². The highest BCUT2D eigenvalue weighted by Crippen LogP contribution is 2.25. The van der Waals surface area contributed by atoms with Crippen LogP contribution in [0.3, 0.4) is 0 Å². The first-order valence-electron chi connectivity index (χ1n) is 8.14. The van der Waals surface area contributed by atoms with Crippen molar-refractivity contribution in [1.82, 2.24) is 10.2 Å². The number of urea groups is 1. The Kier molecular flexibility index (Phi) is 8.32. The standard InChI is InChI=1S/C18H18Cl3N3O2.ClH/c19-12-1-4-15(5-2-12)26-11-14-10-22-7-8-24(14)18(25)23-13-3-6-16(20)17(21)9-13;/h1-6,9,14,22H,7-8,10-11H2,(H,23,25);1H. The first-order chi connectivity index (χ1) is 12.5. The maximum atomic E-state index is 12.7. The first kappa shape index (κ1) is 21.9. The molecule has 1 unspecified atom stereocenters. The minimum absolute atomic E-state index is 0. The average Bonchev–Trinajstić information content (AvgIpc) is 2.64. The minimum atomic E-state index is -0.199. The fourth-order valence-electron chi connectivity index (χ4n) is 2.67. The molecule has 0 aromatic heterocycles. The van der Waals surface area contributed by atoms with Gasteiger partial charge in [-0.3, -0.25) is 0 Å². The molecule has 1 aliphatic rings. The van der Waals surface area contributed by atoms with E-state index in [1.165, 1.54) is 0 Å². The predicted molar refractivity (Wildman–Crippen MR) is 113 cm³/mol. The number of nitrogens with one attached hydrogen (secondary N) is 2. The molecule has 1 heterocycles. The van der Waals surface area contributed by atoms with E-state index in [1.807, 2.05) is 0 Å². The number of carbonyl (C=O) groups is 1. The van der Waals surface area contributed by atoms with Crippen molar-refractivity contribution in [3.05, 3.63) is 57.5 Å². The lowest BCUT2D eigenvalue weighted by molar-refractivity contribution is 0.133. The topological polar surface area (TPSA) is 53.6 Å². The van der Waals surface area contributed by atoms with Crippen molar-refractivity contribution < 1.29 is 9.53 Å². The van der Waals surface area contributed by atoms with E-state index in [4.69, 9.17) is 39.5 Å². The molecule has 5 nitrogen and oxygen atoms in total. The Balaban J connectivity index is 0.00000261. The Bertz CT molecular complexity index is 774. The molecule has 0 aliphatic carbocycles. The van der Waals surface area contributed by atoms with Gasteiger partial charge in [-0.1, -0.05) is 34.8 Å². The molecule has 2 aromatic carbocycles. The lowest BCUT2D eigenvalue weighted by Gasteiger charge is -2.36. The normalized spacial score (nSPS) is 16.4. The summed E-state index contributed by atoms with van der Waals surface area (Å²) in [7, 11) is 0. The largest absolute Gasteiger partial charge is 0.491 e. The van der Waals surface area contributed by atoms with E-state index in [0.29, 0.717) is 46.2 Å². The molecule has 0 saturated carbocycles. The molecule has 1 atom stereocenters. The zero-order valence-corrected chi connectivity index (χ0v) is 17.3. The van der Waals surface area contributed by atoms with Crippen LogP contribution in [0, 0.1) is 0 Å². The number of hydrogen-bond acceptors (Lipinski definition) is 3. The third-order valence-electron chi connectivity index (χ3n) is 4.04. The van der Waals surface area contributed by atoms with Crippen molar-refractivity contribution in [1.29, 1.82) is 0 Å². The van der Waals surface area contributed by atoms with E-state index in [9.17, 15) is 4.79 Å². The second kappa shape index (κ2) is 10.2. The Morgan fingerprint density at radius 2 is 1.89 bits per heavy atom. The summed E-state index contributed by atoms with van der Waals surface area (Å²) in [6, 6.07) is 11.8. The van der Waals surface area contributed by atoms with Crippen molar-refractivity contribution in [3.63, 3.8) is 0 Å². The van der Waals surface area contributed by atoms with Gasteiger partial charge in [0.05, 0.1) is 16.1 Å². The highest BCUT2D eigenvalue weighted by Gasteiger charge is 2.27. The number of hydrogen-bond donors (Lipinski definition) is 2. The zero-order valence-electron chi connectivity index (χ0n) is 14.3. The van der Waals surface area contributed by atoms with E-state index in [1.54, 1.807) is 47.4 Å². The fourth-order valence-corrected chi connectivity index (χ4v) is 3.09. The molecule has 27 heavy (non-hydrogen) atoms. The maximum Gasteiger partial charge on any atom is 0.322 e. The van der Waals surface area contributed by atoms with Gasteiger partial charge in [-0.05, 0) is 42.5 Å². The minimum Gasteiger partial charge on any atom is -0.491 e. The van der Waals surface area contributed by atoms with E-state index in [-0.39, 0.29) is 24.5 Å². The summed E-state index contributed by atoms with van der Waals surface area (Å²) >= 11 is 17.8. The summed E-state index contributed by atoms with van der Waals surface area (Å²) in [5, 5.41) is 7.64. The van der Waals surface area contributed by atoms with Crippen LogP contribution in [0.5, 0.6) is 5.75 Å². The van der Waals surface area contributed by atoms with Gasteiger partial charge in [0.25, 0.3) is 0 Å². The third kappa shape index (κ3) is 6.06. The van der Waals surface area contributed by atoms with Crippen LogP contribution in [0.1, 0.15) is 0 Å². The van der Waals surface area contributed by atoms with Gasteiger partial charge < -0.3 is 20.3 Å². The highest BCUT2D eigenvalue weighted by molar-refractivity contribution is 6.42. The number of carbonyl (C=O) groups excluding carboxylic acids is 1. The number of ether oxygens (including phenoxy) is 1. The molecule has 146 valence electrons. The molecule has 0 radical (unpaired) electrons. The van der Waals surface area contributed by atoms with E-state index in [0.717, 1.165) is 6.54 Å². The lowest BCUT2D eigenvalue weighted by atomic mass is 10.2. The molecule has 1 fully saturated rings. The summed E-state index contributed by atoms with van der Waals surface area (Å²) in [5.74, 6) is 0.713. The summed E-state index contributed by atoms with van der Waals surface area (Å²) in [6.45, 7) is 2.35. The molecule has 2 N–H and O–H groups in total. The Morgan fingerprint density at radius 3 is 2.59 bits per heavy atom. The van der Waals surface area contributed by atoms with Gasteiger partial charge in [-0.25, -0.2) is 4.79 Å². The lowest BCUT2D eigenvalue weighted by Crippen LogP contribution is -2.57. The van der Waals surface area contributed by atoms with Crippen LogP contribution in [0.2, 0.25) is 15.1 Å². The number of nitrogens with zero attached hydrogens (tertiary/aromatic N) is 1. The number of benzene rings is 2. The summed E-state index contributed by atoms with van der Waals surface area (Å²) in [5.41, 5.74) is 0.598. The summed E-state index contributed by atoms with van der Waals surface area (Å²) < 4.78 is 5.81. The predicted octanol–water partition coefficient (Wildman–Crippen LogP) is 4.95. The zero-order chi connectivity index (χ0) is 18.5. The summed E-state index contributed by atoms with van der Waals surface area (Å²) in [6.07, 6.45) is 0. The van der Waals surface area contributed by atoms with Gasteiger partial charge in [0.1, 0.15) is 12.4 Å². The van der Waals surface area contributed by atoms with Gasteiger partial charge >= 0.3 is 6.03 Å². The molecular weight excluding hydrogens is 432 g/mol. The van der Waals surface area contributed by atoms with E-state index < -0.39 is 0 Å². The summed E-state index contributed by atoms with van der Waals surface area (Å²) in [4.78, 5) is 14.4. The molecule has 1 aliphatic heterocycles. The number of amides is 2. The molecule has 2 amide bonds. The van der Waals surface area contributed by atoms with Gasteiger partial charge in [-0.15, -0.1) is 12.4 Å². The van der Waals surface area contributed by atoms with Crippen LogP contribution in [-0.2, 0) is 0 Å².